The van der Waals surface area contributed by atoms with Crippen LogP contribution in [0.25, 0.3) is 10.3 Å². The van der Waals surface area contributed by atoms with E-state index in [1.54, 1.807) is 6.92 Å². The van der Waals surface area contributed by atoms with Crippen LogP contribution in [0.4, 0.5) is 5.95 Å². The fourth-order valence-corrected chi connectivity index (χ4v) is 12.1. The molecule has 0 amide bonds. The number of aromatic nitrogens is 3. The largest absolute Gasteiger partial charge is 0.462 e. The number of thiazole rings is 1. The summed E-state index contributed by atoms with van der Waals surface area (Å²) in [5.41, 5.74) is 5.53. The molecule has 44 heavy (non-hydrogen) atoms. The van der Waals surface area contributed by atoms with Crippen molar-refractivity contribution in [3.8, 4) is 0 Å². The Labute approximate surface area is 261 Å². The third-order valence-electron chi connectivity index (χ3n) is 8.45. The summed E-state index contributed by atoms with van der Waals surface area (Å²) in [5, 5.41) is 2.04. The zero-order valence-corrected chi connectivity index (χ0v) is 27.7. The van der Waals surface area contributed by atoms with Crippen molar-refractivity contribution in [1.82, 2.24) is 14.5 Å². The lowest BCUT2D eigenvalue weighted by Gasteiger charge is -2.46. The van der Waals surface area contributed by atoms with Gasteiger partial charge in [0.15, 0.2) is 5.65 Å². The van der Waals surface area contributed by atoms with Crippen LogP contribution in [0.3, 0.4) is 0 Å². The SMILES string of the molecule is CC[C@H](O[Si](c1ccccc1)(c1ccccc1)C(C)(C)C)[C@@H]1C[C@@H]([C@H](C)OC(C)=O)[C@H](n2c(=O)sc3c(=O)[nH]c(N)nc32)O1. The third kappa shape index (κ3) is 5.79. The lowest BCUT2D eigenvalue weighted by atomic mass is 9.95. The van der Waals surface area contributed by atoms with Gasteiger partial charge < -0.3 is 19.6 Å². The summed E-state index contributed by atoms with van der Waals surface area (Å²) in [4.78, 5) is 44.4. The fourth-order valence-electron chi connectivity index (χ4n) is 6.50. The average molecular weight is 637 g/mol. The topological polar surface area (TPSA) is 139 Å². The van der Waals surface area contributed by atoms with E-state index in [9.17, 15) is 14.4 Å². The molecule has 5 rings (SSSR count). The molecule has 4 aromatic rings. The first-order valence-electron chi connectivity index (χ1n) is 14.9. The van der Waals surface area contributed by atoms with Crippen molar-refractivity contribution in [2.24, 2.45) is 5.92 Å². The Hall–Kier alpha value is -3.58. The van der Waals surface area contributed by atoms with E-state index in [1.807, 2.05) is 36.4 Å². The smallest absolute Gasteiger partial charge is 0.311 e. The number of hydrogen-bond donors (Lipinski definition) is 2. The van der Waals surface area contributed by atoms with Crippen molar-refractivity contribution in [3.05, 3.63) is 80.7 Å². The predicted octanol–water partition coefficient (Wildman–Crippen LogP) is 3.94. The first-order valence-corrected chi connectivity index (χ1v) is 17.6. The third-order valence-corrected chi connectivity index (χ3v) is 14.5. The molecule has 1 aliphatic rings. The van der Waals surface area contributed by atoms with Crippen LogP contribution in [0.1, 0.15) is 60.6 Å². The lowest BCUT2D eigenvalue weighted by molar-refractivity contribution is -0.150. The molecule has 0 unspecified atom stereocenters. The Bertz CT molecular complexity index is 1690. The Balaban J connectivity index is 1.61. The second kappa shape index (κ2) is 12.4. The number of H-pyrrole nitrogens is 1. The number of aromatic amines is 1. The van der Waals surface area contributed by atoms with Gasteiger partial charge in [-0.15, -0.1) is 0 Å². The highest BCUT2D eigenvalue weighted by atomic mass is 32.1. The van der Waals surface area contributed by atoms with E-state index in [1.165, 1.54) is 11.5 Å². The predicted molar refractivity (Wildman–Crippen MR) is 175 cm³/mol. The van der Waals surface area contributed by atoms with Crippen LogP contribution in [-0.4, -0.2) is 47.1 Å². The standard InChI is InChI=1S/C32H40N4O6SSi/c1-7-24(42-44(32(4,5)6,21-14-10-8-11-15-21)22-16-12-9-13-17-22)25-18-23(19(2)40-20(3)37)29(41-25)36-27-26(43-31(36)39)28(38)35-30(33)34-27/h8-17,19,23-25,29H,7,18H2,1-6H3,(H3,33,34,35,38)/t19-,23-,24-,25-,29+/m0/s1. The monoisotopic (exact) mass is 636 g/mol. The molecule has 234 valence electrons. The lowest BCUT2D eigenvalue weighted by Crippen LogP contribution is -2.68. The van der Waals surface area contributed by atoms with E-state index in [4.69, 9.17) is 19.6 Å². The molecule has 2 aromatic carbocycles. The molecule has 5 atom stereocenters. The highest BCUT2D eigenvalue weighted by Gasteiger charge is 2.54. The van der Waals surface area contributed by atoms with Crippen LogP contribution in [0.5, 0.6) is 0 Å². The normalized spacial score (nSPS) is 20.5. The minimum Gasteiger partial charge on any atom is -0.462 e. The maximum Gasteiger partial charge on any atom is 0.311 e. The number of hydrogen-bond acceptors (Lipinski definition) is 9. The Kier molecular flexibility index (Phi) is 8.99. The van der Waals surface area contributed by atoms with E-state index in [-0.39, 0.29) is 27.4 Å². The maximum absolute atomic E-state index is 13.4. The fraction of sp³-hybridized carbons (Fsp3) is 0.438. The van der Waals surface area contributed by atoms with E-state index >= 15 is 0 Å². The van der Waals surface area contributed by atoms with Gasteiger partial charge in [-0.05, 0) is 35.2 Å². The molecule has 3 N–H and O–H groups in total. The van der Waals surface area contributed by atoms with Crippen LogP contribution >= 0.6 is 11.3 Å². The molecular formula is C32H40N4O6SSi. The van der Waals surface area contributed by atoms with E-state index in [0.29, 0.717) is 12.8 Å². The van der Waals surface area contributed by atoms with Crippen molar-refractivity contribution < 1.29 is 18.7 Å². The van der Waals surface area contributed by atoms with Gasteiger partial charge in [0.05, 0.1) is 12.2 Å². The summed E-state index contributed by atoms with van der Waals surface area (Å²) >= 11 is 0.785. The molecule has 10 nitrogen and oxygen atoms in total. The van der Waals surface area contributed by atoms with Gasteiger partial charge in [0.2, 0.25) is 5.95 Å². The van der Waals surface area contributed by atoms with Gasteiger partial charge in [0.1, 0.15) is 17.0 Å². The Morgan fingerprint density at radius 1 is 1.14 bits per heavy atom. The first-order chi connectivity index (χ1) is 20.9. The molecule has 1 fully saturated rings. The highest BCUT2D eigenvalue weighted by molar-refractivity contribution is 7.16. The number of nitrogens with one attached hydrogen (secondary N) is 1. The van der Waals surface area contributed by atoms with Crippen molar-refractivity contribution in [1.29, 1.82) is 0 Å². The minimum atomic E-state index is -2.94. The van der Waals surface area contributed by atoms with Crippen LogP contribution in [0, 0.1) is 5.92 Å². The quantitative estimate of drug-likeness (QED) is 0.208. The molecule has 0 radical (unpaired) electrons. The van der Waals surface area contributed by atoms with Gasteiger partial charge in [-0.25, -0.2) is 0 Å². The number of carbonyl (C=O) groups excluding carboxylic acids is 1. The first kappa shape index (κ1) is 31.8. The van der Waals surface area contributed by atoms with Gasteiger partial charge >= 0.3 is 10.8 Å². The van der Waals surface area contributed by atoms with Crippen LogP contribution in [0.2, 0.25) is 5.04 Å². The van der Waals surface area contributed by atoms with Crippen molar-refractivity contribution >= 4 is 52.3 Å². The number of nitrogens with two attached hydrogens (primary N) is 1. The van der Waals surface area contributed by atoms with Crippen LogP contribution < -0.4 is 26.5 Å². The molecule has 12 heteroatoms. The molecule has 0 bridgehead atoms. The van der Waals surface area contributed by atoms with Crippen molar-refractivity contribution in [2.45, 2.75) is 84.0 Å². The summed E-state index contributed by atoms with van der Waals surface area (Å²) in [7, 11) is -2.94. The number of ether oxygens (including phenoxy) is 2. The molecule has 0 spiro atoms. The zero-order chi connectivity index (χ0) is 31.8. The number of nitrogen functional groups attached to an aromatic ring is 1. The molecule has 0 aliphatic carbocycles. The number of rotatable bonds is 9. The average Bonchev–Trinajstić information content (AvgIpc) is 3.54. The summed E-state index contributed by atoms with van der Waals surface area (Å²) in [5.74, 6) is -0.954. The molecular weight excluding hydrogens is 597 g/mol. The second-order valence-corrected chi connectivity index (χ2v) is 17.6. The number of fused-ring (bicyclic) bond motifs is 1. The van der Waals surface area contributed by atoms with Crippen LogP contribution in [-0.2, 0) is 18.7 Å². The Morgan fingerprint density at radius 3 is 2.25 bits per heavy atom. The van der Waals surface area contributed by atoms with Crippen molar-refractivity contribution in [3.63, 3.8) is 0 Å². The molecule has 0 saturated carbocycles. The summed E-state index contributed by atoms with van der Waals surface area (Å²) in [6, 6.07) is 20.8. The van der Waals surface area contributed by atoms with Crippen molar-refractivity contribution in [2.75, 3.05) is 5.73 Å². The molecule has 3 heterocycles. The minimum absolute atomic E-state index is 0.102. The summed E-state index contributed by atoms with van der Waals surface area (Å²) in [6.07, 6.45) is -1.16. The highest BCUT2D eigenvalue weighted by Crippen LogP contribution is 2.44. The summed E-state index contributed by atoms with van der Waals surface area (Å²) < 4.78 is 21.4. The van der Waals surface area contributed by atoms with E-state index < -0.39 is 49.1 Å². The summed E-state index contributed by atoms with van der Waals surface area (Å²) in [6.45, 7) is 11.9. The second-order valence-electron chi connectivity index (χ2n) is 12.3. The number of carbonyl (C=O) groups is 1. The number of anilines is 1. The van der Waals surface area contributed by atoms with Gasteiger partial charge in [0, 0.05) is 12.8 Å². The molecule has 1 saturated heterocycles. The molecule has 1 aliphatic heterocycles. The van der Waals surface area contributed by atoms with E-state index in [0.717, 1.165) is 21.7 Å². The van der Waals surface area contributed by atoms with Gasteiger partial charge in [-0.3, -0.25) is 23.9 Å². The van der Waals surface area contributed by atoms with Crippen LogP contribution in [0.15, 0.2) is 70.3 Å². The number of benzene rings is 2. The van der Waals surface area contributed by atoms with Gasteiger partial charge in [0.25, 0.3) is 13.9 Å². The molecule has 2 aromatic heterocycles. The number of esters is 1. The van der Waals surface area contributed by atoms with Gasteiger partial charge in [-0.1, -0.05) is 99.7 Å². The van der Waals surface area contributed by atoms with E-state index in [2.05, 4.69) is 61.9 Å². The zero-order valence-electron chi connectivity index (χ0n) is 25.9. The van der Waals surface area contributed by atoms with Gasteiger partial charge in [-0.2, -0.15) is 4.98 Å². The number of nitrogens with zero attached hydrogens (tertiary/aromatic N) is 2. The maximum atomic E-state index is 13.4. The Morgan fingerprint density at radius 2 is 1.73 bits per heavy atom.